The molecule has 1 saturated carbocycles. The monoisotopic (exact) mass is 934 g/mol. The van der Waals surface area contributed by atoms with Crippen LogP contribution in [0.1, 0.15) is 104 Å². The number of fused-ring (bicyclic) bond motifs is 2. The first kappa shape index (κ1) is 46.0. The lowest BCUT2D eigenvalue weighted by Gasteiger charge is -2.63. The molecule has 0 spiro atoms. The number of likely N-dealkylation sites (tertiary alicyclic amines) is 1. The van der Waals surface area contributed by atoms with Crippen LogP contribution >= 0.6 is 11.6 Å². The summed E-state index contributed by atoms with van der Waals surface area (Å²) in [6.45, 7) is 12.3. The molecule has 2 aromatic carbocycles. The van der Waals surface area contributed by atoms with E-state index < -0.39 is 17.3 Å². The van der Waals surface area contributed by atoms with E-state index in [1.165, 1.54) is 0 Å². The van der Waals surface area contributed by atoms with Crippen LogP contribution in [-0.2, 0) is 32.9 Å². The van der Waals surface area contributed by atoms with E-state index in [-0.39, 0.29) is 35.7 Å². The number of rotatable bonds is 11. The van der Waals surface area contributed by atoms with E-state index in [0.29, 0.717) is 71.3 Å². The molecule has 352 valence electrons. The molecular formula is C49H57ClF2N12O3. The van der Waals surface area contributed by atoms with Gasteiger partial charge in [-0.15, -0.1) is 0 Å². The summed E-state index contributed by atoms with van der Waals surface area (Å²) in [5.74, 6) is 1.72. The van der Waals surface area contributed by atoms with Gasteiger partial charge in [-0.3, -0.25) is 14.2 Å². The van der Waals surface area contributed by atoms with Gasteiger partial charge in [0.2, 0.25) is 0 Å². The third-order valence-electron chi connectivity index (χ3n) is 14.4. The van der Waals surface area contributed by atoms with Crippen LogP contribution in [-0.4, -0.2) is 103 Å². The first-order chi connectivity index (χ1) is 32.1. The summed E-state index contributed by atoms with van der Waals surface area (Å²) in [5.41, 5.74) is 4.87. The first-order valence-corrected chi connectivity index (χ1v) is 23.4. The second-order valence-electron chi connectivity index (χ2n) is 19.5. The summed E-state index contributed by atoms with van der Waals surface area (Å²) in [6.07, 6.45) is 8.27. The number of anilines is 2. The number of nitriles is 1. The highest BCUT2D eigenvalue weighted by Gasteiger charge is 2.64. The van der Waals surface area contributed by atoms with Crippen molar-refractivity contribution in [1.29, 1.82) is 5.26 Å². The van der Waals surface area contributed by atoms with Gasteiger partial charge < -0.3 is 30.1 Å². The maximum absolute atomic E-state index is 14.8. The number of aromatic nitrogens is 6. The van der Waals surface area contributed by atoms with Gasteiger partial charge in [-0.25, -0.2) is 23.5 Å². The zero-order valence-electron chi connectivity index (χ0n) is 38.8. The van der Waals surface area contributed by atoms with Crippen LogP contribution in [0.5, 0.6) is 5.75 Å². The molecular weight excluding hydrogens is 878 g/mol. The fraction of sp³-hybridized carbons (Fsp3) is 0.490. The fourth-order valence-corrected chi connectivity index (χ4v) is 11.4. The molecule has 9 rings (SSSR count). The van der Waals surface area contributed by atoms with Crippen LogP contribution in [0.3, 0.4) is 0 Å². The van der Waals surface area contributed by atoms with Gasteiger partial charge in [-0.1, -0.05) is 39.3 Å². The van der Waals surface area contributed by atoms with Gasteiger partial charge in [0, 0.05) is 129 Å². The molecule has 1 saturated heterocycles. The summed E-state index contributed by atoms with van der Waals surface area (Å²) in [7, 11) is 3.41. The largest absolute Gasteiger partial charge is 0.489 e. The second-order valence-corrected chi connectivity index (χ2v) is 19.9. The van der Waals surface area contributed by atoms with Crippen molar-refractivity contribution in [1.82, 2.24) is 50.0 Å². The Labute approximate surface area is 394 Å². The fourth-order valence-electron chi connectivity index (χ4n) is 11.2. The number of nitrogens with zero attached hydrogens (tertiary/aromatic N) is 10. The van der Waals surface area contributed by atoms with Gasteiger partial charge >= 0.3 is 6.03 Å². The van der Waals surface area contributed by atoms with E-state index in [4.69, 9.17) is 21.4 Å². The number of halogens is 3. The van der Waals surface area contributed by atoms with E-state index in [1.807, 2.05) is 6.07 Å². The number of carbonyl (C=O) groups excluding carboxylic acids is 2. The van der Waals surface area contributed by atoms with Crippen molar-refractivity contribution in [3.05, 3.63) is 99.5 Å². The van der Waals surface area contributed by atoms with Gasteiger partial charge in [0.25, 0.3) is 12.3 Å². The Balaban J connectivity index is 0.844. The Morgan fingerprint density at radius 2 is 1.76 bits per heavy atom. The lowest BCUT2D eigenvalue weighted by Crippen LogP contribution is -2.74. The average molecular weight is 936 g/mol. The molecule has 6 heterocycles. The quantitative estimate of drug-likeness (QED) is 0.134. The Kier molecular flexibility index (Phi) is 12.5. The Hall–Kier alpha value is -6.12. The van der Waals surface area contributed by atoms with Crippen LogP contribution < -0.4 is 20.3 Å². The van der Waals surface area contributed by atoms with Crippen molar-refractivity contribution >= 4 is 35.0 Å². The van der Waals surface area contributed by atoms with Crippen LogP contribution in [0.15, 0.2) is 55.1 Å². The lowest BCUT2D eigenvalue weighted by molar-refractivity contribution is -0.164. The SMILES string of the molecule is CNC(=O)N1CCc2c(c(N3CCCc4cc(-c5cnn(C)c5)c(C(F)F)cc43)nn2C2CCN(CCc3ncc(C(=O)NC4C(C)(C)C(Oc5ccc(C#N)c(Cl)c5)C4(C)C)cn3)CC2)C1. The summed E-state index contributed by atoms with van der Waals surface area (Å²) < 4.78 is 39.7. The first-order valence-electron chi connectivity index (χ1n) is 23.1. The number of alkyl halides is 2. The molecule has 3 amide bonds. The van der Waals surface area contributed by atoms with Crippen LogP contribution in [0, 0.1) is 22.2 Å². The van der Waals surface area contributed by atoms with Gasteiger partial charge in [0.1, 0.15) is 23.7 Å². The van der Waals surface area contributed by atoms with E-state index in [0.717, 1.165) is 73.6 Å². The van der Waals surface area contributed by atoms with Crippen molar-refractivity contribution in [2.45, 2.75) is 97.4 Å². The summed E-state index contributed by atoms with van der Waals surface area (Å²) in [6, 6.07) is 10.4. The number of nitrogens with one attached hydrogen (secondary N) is 2. The van der Waals surface area contributed by atoms with Crippen LogP contribution in [0.25, 0.3) is 11.1 Å². The van der Waals surface area contributed by atoms with Gasteiger partial charge in [0.05, 0.1) is 34.9 Å². The number of hydrogen-bond acceptors (Lipinski definition) is 10. The molecule has 2 N–H and O–H groups in total. The number of piperidine rings is 1. The molecule has 15 nitrogen and oxygen atoms in total. The molecule has 0 atom stereocenters. The molecule has 0 bridgehead atoms. The third kappa shape index (κ3) is 8.70. The van der Waals surface area contributed by atoms with Crippen LogP contribution in [0.4, 0.5) is 25.1 Å². The zero-order chi connectivity index (χ0) is 47.4. The minimum atomic E-state index is -2.68. The van der Waals surface area contributed by atoms with Gasteiger partial charge in [0.15, 0.2) is 5.82 Å². The minimum Gasteiger partial charge on any atom is -0.489 e. The highest BCUT2D eigenvalue weighted by molar-refractivity contribution is 6.31. The molecule has 3 aromatic heterocycles. The lowest BCUT2D eigenvalue weighted by atomic mass is 9.49. The number of amides is 3. The van der Waals surface area contributed by atoms with Crippen molar-refractivity contribution in [3.63, 3.8) is 0 Å². The third-order valence-corrected chi connectivity index (χ3v) is 14.7. The average Bonchev–Trinajstić information content (AvgIpc) is 3.94. The van der Waals surface area contributed by atoms with Crippen molar-refractivity contribution in [3.8, 4) is 22.9 Å². The molecule has 2 fully saturated rings. The minimum absolute atomic E-state index is 0.0371. The smallest absolute Gasteiger partial charge is 0.317 e. The molecule has 0 radical (unpaired) electrons. The molecule has 1 aliphatic carbocycles. The maximum atomic E-state index is 14.8. The molecule has 18 heteroatoms. The van der Waals surface area contributed by atoms with E-state index >= 15 is 0 Å². The van der Waals surface area contributed by atoms with E-state index in [1.54, 1.807) is 72.7 Å². The Bertz CT molecular complexity index is 2710. The number of carbonyl (C=O) groups is 2. The maximum Gasteiger partial charge on any atom is 0.317 e. The predicted octanol–water partition coefficient (Wildman–Crippen LogP) is 7.81. The summed E-state index contributed by atoms with van der Waals surface area (Å²) in [5, 5.41) is 25.1. The molecule has 5 aromatic rings. The molecule has 3 aliphatic heterocycles. The normalized spacial score (nSPS) is 20.1. The predicted molar refractivity (Wildman–Crippen MR) is 250 cm³/mol. The summed E-state index contributed by atoms with van der Waals surface area (Å²) >= 11 is 6.26. The number of benzene rings is 2. The Morgan fingerprint density at radius 3 is 2.42 bits per heavy atom. The molecule has 4 aliphatic rings. The zero-order valence-corrected chi connectivity index (χ0v) is 39.6. The van der Waals surface area contributed by atoms with Crippen molar-refractivity contribution in [2.24, 2.45) is 17.9 Å². The van der Waals surface area contributed by atoms with Crippen molar-refractivity contribution in [2.75, 3.05) is 44.7 Å². The summed E-state index contributed by atoms with van der Waals surface area (Å²) in [4.78, 5) is 41.9. The van der Waals surface area contributed by atoms with E-state index in [9.17, 15) is 23.6 Å². The number of aryl methyl sites for hydroxylation is 2. The van der Waals surface area contributed by atoms with Gasteiger partial charge in [-0.05, 0) is 61.1 Å². The number of ether oxygens (including phenoxy) is 1. The van der Waals surface area contributed by atoms with Crippen molar-refractivity contribution < 1.29 is 23.1 Å². The van der Waals surface area contributed by atoms with Crippen LogP contribution in [0.2, 0.25) is 5.02 Å². The standard InChI is InChI=1S/C49H57ClF2N12O3/c1-48(2)45(49(3,4)46(48)67-34-10-9-30(23-53)38(50)21-34)58-44(65)31-24-55-41(56-25-31)14-18-61-16-11-33(12-17-61)64-39-13-19-62(47(66)54-5)28-37(39)43(59-64)63-15-7-8-29-20-35(32-26-57-60(6)27-32)36(42(51)52)22-40(29)63/h9-10,20-22,24-27,33,42,45-46H,7-8,11-19,28H2,1-6H3,(H,54,66)(H,58,65). The Morgan fingerprint density at radius 1 is 1.01 bits per heavy atom. The molecule has 0 unspecified atom stereocenters. The topological polar surface area (TPSA) is 162 Å². The number of urea groups is 1. The highest BCUT2D eigenvalue weighted by Crippen LogP contribution is 2.56. The second kappa shape index (κ2) is 18.2. The van der Waals surface area contributed by atoms with E-state index in [2.05, 4.69) is 73.9 Å². The molecule has 67 heavy (non-hydrogen) atoms. The highest BCUT2D eigenvalue weighted by atomic mass is 35.5. The number of hydrogen-bond donors (Lipinski definition) is 2. The van der Waals surface area contributed by atoms with Gasteiger partial charge in [-0.2, -0.15) is 15.5 Å².